The van der Waals surface area contributed by atoms with Crippen molar-refractivity contribution in [2.75, 3.05) is 13.2 Å². The molecule has 0 saturated heterocycles. The molecule has 0 unspecified atom stereocenters. The number of carbonyl (C=O) groups is 2. The summed E-state index contributed by atoms with van der Waals surface area (Å²) in [6.45, 7) is 7.70. The van der Waals surface area contributed by atoms with Crippen LogP contribution >= 0.6 is 0 Å². The van der Waals surface area contributed by atoms with Crippen LogP contribution in [-0.2, 0) is 32.3 Å². The Bertz CT molecular complexity index is 885. The molecule has 2 aromatic carbocycles. The van der Waals surface area contributed by atoms with E-state index in [4.69, 9.17) is 19.7 Å². The van der Waals surface area contributed by atoms with Gasteiger partial charge in [0.05, 0.1) is 13.2 Å². The summed E-state index contributed by atoms with van der Waals surface area (Å²) in [4.78, 5) is 21.5. The number of carboxylic acid groups (broad SMARTS) is 2. The predicted molar refractivity (Wildman–Crippen MR) is 105 cm³/mol. The molecule has 0 bridgehead atoms. The van der Waals surface area contributed by atoms with Crippen molar-refractivity contribution in [3.8, 4) is 11.1 Å². The molecular formula is C22H26O6. The van der Waals surface area contributed by atoms with Gasteiger partial charge in [0.1, 0.15) is 13.2 Å². The number of hydrogen-bond donors (Lipinski definition) is 2. The van der Waals surface area contributed by atoms with Crippen molar-refractivity contribution >= 4 is 11.9 Å². The molecule has 28 heavy (non-hydrogen) atoms. The Morgan fingerprint density at radius 3 is 2.04 bits per heavy atom. The van der Waals surface area contributed by atoms with Crippen LogP contribution in [0.3, 0.4) is 0 Å². The van der Waals surface area contributed by atoms with Crippen LogP contribution in [0.25, 0.3) is 11.1 Å². The van der Waals surface area contributed by atoms with E-state index in [1.54, 1.807) is 0 Å². The third kappa shape index (κ3) is 5.41. The first-order chi connectivity index (χ1) is 13.2. The number of hydrogen-bond acceptors (Lipinski definition) is 4. The van der Waals surface area contributed by atoms with Gasteiger partial charge in [0.2, 0.25) is 0 Å². The van der Waals surface area contributed by atoms with Crippen LogP contribution in [0.5, 0.6) is 0 Å². The SMILES string of the molecule is Cc1ccc(-c2c(C)cc(C)c(C)c2COCC(=O)O)cc1COCC(=O)O. The smallest absolute Gasteiger partial charge is 0.329 e. The third-order valence-corrected chi connectivity index (χ3v) is 4.77. The predicted octanol–water partition coefficient (Wildman–Crippen LogP) is 3.79. The summed E-state index contributed by atoms with van der Waals surface area (Å²) in [5, 5.41) is 17.6. The van der Waals surface area contributed by atoms with Gasteiger partial charge in [0, 0.05) is 0 Å². The number of ether oxygens (including phenoxy) is 2. The first-order valence-electron chi connectivity index (χ1n) is 8.99. The summed E-state index contributed by atoms with van der Waals surface area (Å²) in [7, 11) is 0. The van der Waals surface area contributed by atoms with Gasteiger partial charge in [-0.3, -0.25) is 0 Å². The molecule has 0 aliphatic carbocycles. The molecule has 0 atom stereocenters. The summed E-state index contributed by atoms with van der Waals surface area (Å²) in [6.07, 6.45) is 0. The highest BCUT2D eigenvalue weighted by atomic mass is 16.5. The minimum absolute atomic E-state index is 0.203. The number of rotatable bonds is 9. The summed E-state index contributed by atoms with van der Waals surface area (Å²) >= 11 is 0. The topological polar surface area (TPSA) is 93.1 Å². The number of aliphatic carboxylic acids is 2. The molecule has 0 aliphatic rings. The largest absolute Gasteiger partial charge is 0.480 e. The lowest BCUT2D eigenvalue weighted by atomic mass is 9.88. The fraction of sp³-hybridized carbons (Fsp3) is 0.364. The van der Waals surface area contributed by atoms with Gasteiger partial charge in [-0.15, -0.1) is 0 Å². The highest BCUT2D eigenvalue weighted by molar-refractivity contribution is 5.74. The second-order valence-electron chi connectivity index (χ2n) is 6.90. The number of aryl methyl sites for hydroxylation is 3. The zero-order valence-electron chi connectivity index (χ0n) is 16.7. The fourth-order valence-corrected chi connectivity index (χ4v) is 3.22. The molecular weight excluding hydrogens is 360 g/mol. The maximum atomic E-state index is 10.8. The Labute approximate surface area is 164 Å². The van der Waals surface area contributed by atoms with Crippen molar-refractivity contribution in [2.24, 2.45) is 0 Å². The van der Waals surface area contributed by atoms with Crippen LogP contribution < -0.4 is 0 Å². The van der Waals surface area contributed by atoms with Gasteiger partial charge in [-0.05, 0) is 78.3 Å². The van der Waals surface area contributed by atoms with Crippen molar-refractivity contribution in [1.29, 1.82) is 0 Å². The lowest BCUT2D eigenvalue weighted by molar-refractivity contribution is -0.143. The van der Waals surface area contributed by atoms with E-state index in [0.717, 1.165) is 44.5 Å². The van der Waals surface area contributed by atoms with Crippen LogP contribution in [-0.4, -0.2) is 35.4 Å². The highest BCUT2D eigenvalue weighted by Crippen LogP contribution is 2.33. The molecule has 0 radical (unpaired) electrons. The average Bonchev–Trinajstić information content (AvgIpc) is 2.60. The van der Waals surface area contributed by atoms with Crippen molar-refractivity contribution in [3.05, 3.63) is 57.6 Å². The lowest BCUT2D eigenvalue weighted by Gasteiger charge is -2.19. The summed E-state index contributed by atoms with van der Waals surface area (Å²) in [5.41, 5.74) is 8.11. The minimum Gasteiger partial charge on any atom is -0.480 e. The van der Waals surface area contributed by atoms with Crippen LogP contribution in [0.2, 0.25) is 0 Å². The van der Waals surface area contributed by atoms with Gasteiger partial charge in [-0.1, -0.05) is 18.2 Å². The van der Waals surface area contributed by atoms with Gasteiger partial charge in [-0.2, -0.15) is 0 Å². The Kier molecular flexibility index (Phi) is 7.31. The zero-order valence-corrected chi connectivity index (χ0v) is 16.7. The molecule has 2 rings (SSSR count). The number of carboxylic acids is 2. The first kappa shape index (κ1) is 21.6. The van der Waals surface area contributed by atoms with E-state index in [-0.39, 0.29) is 26.4 Å². The van der Waals surface area contributed by atoms with Gasteiger partial charge < -0.3 is 19.7 Å². The van der Waals surface area contributed by atoms with E-state index in [0.29, 0.717) is 0 Å². The highest BCUT2D eigenvalue weighted by Gasteiger charge is 2.15. The molecule has 0 aliphatic heterocycles. The van der Waals surface area contributed by atoms with E-state index in [9.17, 15) is 9.59 Å². The average molecular weight is 386 g/mol. The zero-order chi connectivity index (χ0) is 20.8. The van der Waals surface area contributed by atoms with Crippen molar-refractivity contribution < 1.29 is 29.3 Å². The van der Waals surface area contributed by atoms with Crippen LogP contribution in [0, 0.1) is 27.7 Å². The third-order valence-electron chi connectivity index (χ3n) is 4.77. The molecule has 0 aromatic heterocycles. The first-order valence-corrected chi connectivity index (χ1v) is 8.99. The van der Waals surface area contributed by atoms with E-state index < -0.39 is 11.9 Å². The van der Waals surface area contributed by atoms with E-state index >= 15 is 0 Å². The molecule has 0 spiro atoms. The normalized spacial score (nSPS) is 10.9. The summed E-state index contributed by atoms with van der Waals surface area (Å²) in [6, 6.07) is 8.08. The minimum atomic E-state index is -1.00. The monoisotopic (exact) mass is 386 g/mol. The molecule has 150 valence electrons. The lowest BCUT2D eigenvalue weighted by Crippen LogP contribution is -2.09. The molecule has 0 fully saturated rings. The molecule has 2 N–H and O–H groups in total. The fourth-order valence-electron chi connectivity index (χ4n) is 3.22. The van der Waals surface area contributed by atoms with Crippen molar-refractivity contribution in [1.82, 2.24) is 0 Å². The maximum Gasteiger partial charge on any atom is 0.329 e. The van der Waals surface area contributed by atoms with Gasteiger partial charge in [-0.25, -0.2) is 9.59 Å². The van der Waals surface area contributed by atoms with E-state index in [2.05, 4.69) is 6.07 Å². The van der Waals surface area contributed by atoms with Gasteiger partial charge >= 0.3 is 11.9 Å². The van der Waals surface area contributed by atoms with Crippen LogP contribution in [0.4, 0.5) is 0 Å². The Hall–Kier alpha value is -2.70. The molecule has 6 nitrogen and oxygen atoms in total. The van der Waals surface area contributed by atoms with Crippen molar-refractivity contribution in [2.45, 2.75) is 40.9 Å². The van der Waals surface area contributed by atoms with Crippen molar-refractivity contribution in [3.63, 3.8) is 0 Å². The molecule has 6 heteroatoms. The second kappa shape index (κ2) is 9.48. The molecule has 0 saturated carbocycles. The Morgan fingerprint density at radius 2 is 1.43 bits per heavy atom. The Morgan fingerprint density at radius 1 is 0.821 bits per heavy atom. The summed E-state index contributed by atoms with van der Waals surface area (Å²) in [5.74, 6) is -2.01. The molecule has 0 heterocycles. The van der Waals surface area contributed by atoms with E-state index in [1.165, 1.54) is 0 Å². The molecule has 0 amide bonds. The maximum absolute atomic E-state index is 10.8. The summed E-state index contributed by atoms with van der Waals surface area (Å²) < 4.78 is 10.6. The van der Waals surface area contributed by atoms with Gasteiger partial charge in [0.15, 0.2) is 0 Å². The standard InChI is InChI=1S/C22H26O6/c1-13-5-6-17(8-18(13)9-27-11-20(23)24)22-15(3)7-14(2)16(4)19(22)10-28-12-21(25)26/h5-8H,9-12H2,1-4H3,(H,23,24)(H,25,26). The second-order valence-corrected chi connectivity index (χ2v) is 6.90. The van der Waals surface area contributed by atoms with E-state index in [1.807, 2.05) is 45.9 Å². The number of benzene rings is 2. The van der Waals surface area contributed by atoms with Crippen LogP contribution in [0.1, 0.15) is 33.4 Å². The van der Waals surface area contributed by atoms with Crippen LogP contribution in [0.15, 0.2) is 24.3 Å². The van der Waals surface area contributed by atoms with Gasteiger partial charge in [0.25, 0.3) is 0 Å². The Balaban J connectivity index is 2.44. The molecule has 2 aromatic rings. The quantitative estimate of drug-likeness (QED) is 0.681.